The molecule has 0 spiro atoms. The Kier molecular flexibility index (Phi) is 4.77. The van der Waals surface area contributed by atoms with Gasteiger partial charge in [0.25, 0.3) is 0 Å². The number of alkyl halides is 3. The number of nitrogens with zero attached hydrogens (tertiary/aromatic N) is 1. The zero-order chi connectivity index (χ0) is 16.6. The number of rotatable bonds is 4. The molecule has 0 radical (unpaired) electrons. The highest BCUT2D eigenvalue weighted by Gasteiger charge is 2.36. The summed E-state index contributed by atoms with van der Waals surface area (Å²) in [4.78, 5) is -0.413. The highest BCUT2D eigenvalue weighted by molar-refractivity contribution is 7.89. The van der Waals surface area contributed by atoms with E-state index in [9.17, 15) is 26.7 Å². The van der Waals surface area contributed by atoms with Crippen LogP contribution in [0.1, 0.15) is 25.0 Å². The Hall–Kier alpha value is -1.12. The molecule has 1 aromatic carbocycles. The molecule has 1 rings (SSSR count). The zero-order valence-corrected chi connectivity index (χ0v) is 13.0. The van der Waals surface area contributed by atoms with Gasteiger partial charge in [-0.3, -0.25) is 0 Å². The van der Waals surface area contributed by atoms with Gasteiger partial charge < -0.3 is 5.11 Å². The summed E-state index contributed by atoms with van der Waals surface area (Å²) in [6.45, 7) is 3.72. The van der Waals surface area contributed by atoms with E-state index in [1.807, 2.05) is 0 Å². The Balaban J connectivity index is 3.34. The first-order valence-electron chi connectivity index (χ1n) is 6.12. The van der Waals surface area contributed by atoms with Gasteiger partial charge in [0.05, 0.1) is 16.1 Å². The Morgan fingerprint density at radius 3 is 2.19 bits per heavy atom. The van der Waals surface area contributed by atoms with Crippen LogP contribution in [0.5, 0.6) is 0 Å². The first kappa shape index (κ1) is 17.9. The fraction of sp³-hybridized carbons (Fsp3) is 0.538. The van der Waals surface area contributed by atoms with Crippen LogP contribution in [0.15, 0.2) is 23.1 Å². The average molecular weight is 325 g/mol. The van der Waals surface area contributed by atoms with Crippen molar-refractivity contribution in [3.63, 3.8) is 0 Å². The standard InChI is InChI=1S/C13H18F3NO3S/c1-9-10(13(14,15)16)6-5-7-11(9)21(19,20)17(4)8-12(2,3)18/h5-7,18H,8H2,1-4H3. The van der Waals surface area contributed by atoms with Crippen LogP contribution in [0.2, 0.25) is 0 Å². The average Bonchev–Trinajstić information content (AvgIpc) is 2.24. The van der Waals surface area contributed by atoms with E-state index in [0.717, 1.165) is 29.4 Å². The molecule has 0 heterocycles. The molecule has 8 heteroatoms. The molecule has 120 valence electrons. The Morgan fingerprint density at radius 1 is 1.24 bits per heavy atom. The van der Waals surface area contributed by atoms with Gasteiger partial charge in [-0.05, 0) is 38.5 Å². The van der Waals surface area contributed by atoms with Gasteiger partial charge in [0.2, 0.25) is 10.0 Å². The van der Waals surface area contributed by atoms with Crippen molar-refractivity contribution in [2.75, 3.05) is 13.6 Å². The van der Waals surface area contributed by atoms with Crippen LogP contribution >= 0.6 is 0 Å². The predicted molar refractivity (Wildman–Crippen MR) is 72.3 cm³/mol. The van der Waals surface area contributed by atoms with Crippen LogP contribution in [-0.4, -0.2) is 37.0 Å². The van der Waals surface area contributed by atoms with Crippen molar-refractivity contribution in [1.82, 2.24) is 4.31 Å². The van der Waals surface area contributed by atoms with Crippen LogP contribution in [0.4, 0.5) is 13.2 Å². The Labute approximate surface area is 122 Å². The second kappa shape index (κ2) is 5.58. The molecule has 1 aromatic rings. The molecule has 0 saturated carbocycles. The molecule has 0 bridgehead atoms. The number of halogens is 3. The van der Waals surface area contributed by atoms with E-state index in [1.54, 1.807) is 0 Å². The number of likely N-dealkylation sites (N-methyl/N-ethyl adjacent to an activating group) is 1. The van der Waals surface area contributed by atoms with Crippen molar-refractivity contribution in [3.05, 3.63) is 29.3 Å². The smallest absolute Gasteiger partial charge is 0.389 e. The molecular weight excluding hydrogens is 307 g/mol. The molecule has 1 N–H and O–H groups in total. The van der Waals surface area contributed by atoms with Gasteiger partial charge in [0.15, 0.2) is 0 Å². The number of aliphatic hydroxyl groups is 1. The number of hydrogen-bond donors (Lipinski definition) is 1. The lowest BCUT2D eigenvalue weighted by molar-refractivity contribution is -0.138. The van der Waals surface area contributed by atoms with E-state index in [0.29, 0.717) is 0 Å². The van der Waals surface area contributed by atoms with Crippen molar-refractivity contribution in [2.45, 2.75) is 37.4 Å². The minimum atomic E-state index is -4.62. The lowest BCUT2D eigenvalue weighted by atomic mass is 10.1. The SMILES string of the molecule is Cc1c(C(F)(F)F)cccc1S(=O)(=O)N(C)CC(C)(C)O. The highest BCUT2D eigenvalue weighted by Crippen LogP contribution is 2.34. The van der Waals surface area contributed by atoms with E-state index in [-0.39, 0.29) is 12.1 Å². The lowest BCUT2D eigenvalue weighted by Crippen LogP contribution is -2.40. The third-order valence-electron chi connectivity index (χ3n) is 2.89. The van der Waals surface area contributed by atoms with Crippen molar-refractivity contribution >= 4 is 10.0 Å². The second-order valence-electron chi connectivity index (χ2n) is 5.50. The van der Waals surface area contributed by atoms with Gasteiger partial charge >= 0.3 is 6.18 Å². The molecule has 0 amide bonds. The number of hydrogen-bond acceptors (Lipinski definition) is 3. The molecule has 0 aliphatic rings. The maximum Gasteiger partial charge on any atom is 0.416 e. The van der Waals surface area contributed by atoms with Gasteiger partial charge in [0.1, 0.15) is 0 Å². The van der Waals surface area contributed by atoms with Crippen molar-refractivity contribution in [3.8, 4) is 0 Å². The van der Waals surface area contributed by atoms with Gasteiger partial charge in [-0.2, -0.15) is 17.5 Å². The monoisotopic (exact) mass is 325 g/mol. The largest absolute Gasteiger partial charge is 0.416 e. The first-order chi connectivity index (χ1) is 9.27. The summed E-state index contributed by atoms with van der Waals surface area (Å²) < 4.78 is 64.1. The third-order valence-corrected chi connectivity index (χ3v) is 4.84. The van der Waals surface area contributed by atoms with E-state index in [4.69, 9.17) is 0 Å². The topological polar surface area (TPSA) is 57.6 Å². The number of sulfonamides is 1. The minimum absolute atomic E-state index is 0.231. The molecule has 0 fully saturated rings. The molecular formula is C13H18F3NO3S. The van der Waals surface area contributed by atoms with Crippen molar-refractivity contribution in [1.29, 1.82) is 0 Å². The number of benzene rings is 1. The quantitative estimate of drug-likeness (QED) is 0.925. The third kappa shape index (κ3) is 4.18. The Bertz CT molecular complexity index is 619. The highest BCUT2D eigenvalue weighted by atomic mass is 32.2. The fourth-order valence-corrected chi connectivity index (χ4v) is 3.57. The minimum Gasteiger partial charge on any atom is -0.389 e. The Morgan fingerprint density at radius 2 is 1.76 bits per heavy atom. The van der Waals surface area contributed by atoms with Crippen LogP contribution < -0.4 is 0 Å². The molecule has 0 aromatic heterocycles. The molecule has 0 atom stereocenters. The fourth-order valence-electron chi connectivity index (χ4n) is 2.00. The zero-order valence-electron chi connectivity index (χ0n) is 12.2. The van der Waals surface area contributed by atoms with Gasteiger partial charge in [0, 0.05) is 13.6 Å². The predicted octanol–water partition coefficient (Wildman–Crippen LogP) is 2.41. The molecule has 0 aliphatic carbocycles. The molecule has 4 nitrogen and oxygen atoms in total. The van der Waals surface area contributed by atoms with Crippen LogP contribution in [0.25, 0.3) is 0 Å². The summed E-state index contributed by atoms with van der Waals surface area (Å²) in [6.07, 6.45) is -4.62. The molecule has 0 unspecified atom stereocenters. The van der Waals surface area contributed by atoms with E-state index in [2.05, 4.69) is 0 Å². The van der Waals surface area contributed by atoms with E-state index >= 15 is 0 Å². The molecule has 0 saturated heterocycles. The van der Waals surface area contributed by atoms with Gasteiger partial charge in [-0.25, -0.2) is 8.42 Å². The summed E-state index contributed by atoms with van der Waals surface area (Å²) in [7, 11) is -2.90. The van der Waals surface area contributed by atoms with Crippen LogP contribution in [0.3, 0.4) is 0 Å². The second-order valence-corrected chi connectivity index (χ2v) is 7.51. The first-order valence-corrected chi connectivity index (χ1v) is 7.56. The summed E-state index contributed by atoms with van der Waals surface area (Å²) >= 11 is 0. The van der Waals surface area contributed by atoms with Crippen molar-refractivity contribution < 1.29 is 26.7 Å². The van der Waals surface area contributed by atoms with Crippen molar-refractivity contribution in [2.24, 2.45) is 0 Å². The summed E-state index contributed by atoms with van der Waals surface area (Å²) in [5.74, 6) is 0. The maximum absolute atomic E-state index is 12.8. The van der Waals surface area contributed by atoms with E-state index in [1.165, 1.54) is 20.9 Å². The molecule has 0 aliphatic heterocycles. The van der Waals surface area contributed by atoms with Crippen LogP contribution in [0, 0.1) is 6.92 Å². The summed E-state index contributed by atoms with van der Waals surface area (Å²) in [5, 5.41) is 9.67. The normalized spacial score (nSPS) is 13.8. The van der Waals surface area contributed by atoms with Crippen LogP contribution in [-0.2, 0) is 16.2 Å². The molecule has 21 heavy (non-hydrogen) atoms. The summed E-state index contributed by atoms with van der Waals surface area (Å²) in [5.41, 5.74) is -2.63. The van der Waals surface area contributed by atoms with E-state index < -0.39 is 32.3 Å². The van der Waals surface area contributed by atoms with Gasteiger partial charge in [-0.15, -0.1) is 0 Å². The maximum atomic E-state index is 12.8. The summed E-state index contributed by atoms with van der Waals surface area (Å²) in [6, 6.07) is 3.02. The van der Waals surface area contributed by atoms with Gasteiger partial charge in [-0.1, -0.05) is 6.07 Å². The lowest BCUT2D eigenvalue weighted by Gasteiger charge is -2.26.